The summed E-state index contributed by atoms with van der Waals surface area (Å²) in [7, 11) is 0. The van der Waals surface area contributed by atoms with Crippen molar-refractivity contribution in [1.29, 1.82) is 0 Å². The molecule has 1 unspecified atom stereocenters. The number of nitrogens with zero attached hydrogens (tertiary/aromatic N) is 2. The van der Waals surface area contributed by atoms with E-state index in [4.69, 9.17) is 4.74 Å². The molecule has 1 aliphatic heterocycles. The van der Waals surface area contributed by atoms with Crippen LogP contribution in [-0.4, -0.2) is 28.2 Å². The summed E-state index contributed by atoms with van der Waals surface area (Å²) >= 11 is 0. The van der Waals surface area contributed by atoms with Crippen molar-refractivity contribution < 1.29 is 14.5 Å². The number of hydrogen-bond acceptors (Lipinski definition) is 4. The molecule has 1 aliphatic rings. The number of nitro benzene ring substituents is 1. The summed E-state index contributed by atoms with van der Waals surface area (Å²) < 4.78 is 6.99. The molecule has 1 saturated heterocycles. The van der Waals surface area contributed by atoms with E-state index in [0.717, 1.165) is 10.9 Å². The number of rotatable bonds is 3. The van der Waals surface area contributed by atoms with Gasteiger partial charge in [-0.3, -0.25) is 10.1 Å². The van der Waals surface area contributed by atoms with Crippen LogP contribution >= 0.6 is 0 Å². The molecule has 19 heavy (non-hydrogen) atoms. The highest BCUT2D eigenvalue weighted by atomic mass is 16.6. The van der Waals surface area contributed by atoms with Crippen LogP contribution in [0.2, 0.25) is 0 Å². The molecule has 0 bridgehead atoms. The zero-order chi connectivity index (χ0) is 13.4. The molecule has 98 valence electrons. The summed E-state index contributed by atoms with van der Waals surface area (Å²) in [6, 6.07) is 6.52. The van der Waals surface area contributed by atoms with Gasteiger partial charge in [-0.05, 0) is 12.1 Å². The number of amides is 1. The molecule has 0 saturated carbocycles. The van der Waals surface area contributed by atoms with E-state index in [0.29, 0.717) is 13.1 Å². The number of cyclic esters (lactones) is 1. The maximum atomic E-state index is 10.9. The second-order valence-corrected chi connectivity index (χ2v) is 4.38. The van der Waals surface area contributed by atoms with Gasteiger partial charge in [0.15, 0.2) is 0 Å². The van der Waals surface area contributed by atoms with E-state index in [9.17, 15) is 14.9 Å². The van der Waals surface area contributed by atoms with Crippen molar-refractivity contribution in [2.45, 2.75) is 12.6 Å². The first-order valence-corrected chi connectivity index (χ1v) is 5.81. The van der Waals surface area contributed by atoms with E-state index in [1.54, 1.807) is 6.07 Å². The number of ether oxygens (including phenoxy) is 1. The Kier molecular flexibility index (Phi) is 2.59. The molecule has 2 aromatic rings. The quantitative estimate of drug-likeness (QED) is 0.672. The van der Waals surface area contributed by atoms with Crippen molar-refractivity contribution >= 4 is 22.7 Å². The lowest BCUT2D eigenvalue weighted by Crippen LogP contribution is -2.20. The van der Waals surface area contributed by atoms with Gasteiger partial charge in [0.1, 0.15) is 6.10 Å². The SMILES string of the molecule is O=C1NCC(Cn2ccc3cc([N+](=O)[O-])ccc32)O1. The van der Waals surface area contributed by atoms with Gasteiger partial charge in [0, 0.05) is 29.2 Å². The van der Waals surface area contributed by atoms with E-state index in [1.807, 2.05) is 16.8 Å². The lowest BCUT2D eigenvalue weighted by atomic mass is 10.2. The smallest absolute Gasteiger partial charge is 0.407 e. The fraction of sp³-hybridized carbons (Fsp3) is 0.250. The highest BCUT2D eigenvalue weighted by molar-refractivity contribution is 5.82. The number of aromatic nitrogens is 1. The topological polar surface area (TPSA) is 86.4 Å². The van der Waals surface area contributed by atoms with Gasteiger partial charge in [0.2, 0.25) is 0 Å². The van der Waals surface area contributed by atoms with Crippen molar-refractivity contribution in [3.05, 3.63) is 40.6 Å². The van der Waals surface area contributed by atoms with Gasteiger partial charge in [-0.25, -0.2) is 4.79 Å². The Morgan fingerprint density at radius 3 is 3.00 bits per heavy atom. The van der Waals surface area contributed by atoms with Crippen LogP contribution < -0.4 is 5.32 Å². The highest BCUT2D eigenvalue weighted by Gasteiger charge is 2.23. The number of carbonyl (C=O) groups excluding carboxylic acids is 1. The molecule has 1 amide bonds. The summed E-state index contributed by atoms with van der Waals surface area (Å²) in [4.78, 5) is 21.2. The molecular formula is C12H11N3O4. The van der Waals surface area contributed by atoms with Gasteiger partial charge >= 0.3 is 6.09 Å². The van der Waals surface area contributed by atoms with Crippen LogP contribution in [0.3, 0.4) is 0 Å². The normalized spacial score (nSPS) is 18.3. The molecule has 1 atom stereocenters. The number of non-ortho nitro benzene ring substituents is 1. The average molecular weight is 261 g/mol. The molecule has 1 N–H and O–H groups in total. The molecular weight excluding hydrogens is 250 g/mol. The summed E-state index contributed by atoms with van der Waals surface area (Å²) in [5, 5.41) is 14.1. The average Bonchev–Trinajstić information content (AvgIpc) is 2.96. The lowest BCUT2D eigenvalue weighted by molar-refractivity contribution is -0.384. The predicted molar refractivity (Wildman–Crippen MR) is 66.9 cm³/mol. The van der Waals surface area contributed by atoms with Gasteiger partial charge in [-0.2, -0.15) is 0 Å². The number of benzene rings is 1. The zero-order valence-corrected chi connectivity index (χ0v) is 9.91. The summed E-state index contributed by atoms with van der Waals surface area (Å²) in [5.74, 6) is 0. The molecule has 7 heteroatoms. The first-order chi connectivity index (χ1) is 9.13. The van der Waals surface area contributed by atoms with Crippen LogP contribution in [0.5, 0.6) is 0 Å². The van der Waals surface area contributed by atoms with Gasteiger partial charge in [-0.1, -0.05) is 0 Å². The standard InChI is InChI=1S/C12H11N3O4/c16-12-13-6-10(19-12)7-14-4-3-8-5-9(15(17)18)1-2-11(8)14/h1-5,10H,6-7H2,(H,13,16). The Hall–Kier alpha value is -2.57. The van der Waals surface area contributed by atoms with E-state index in [1.165, 1.54) is 12.1 Å². The number of carbonyl (C=O) groups is 1. The van der Waals surface area contributed by atoms with Crippen LogP contribution in [-0.2, 0) is 11.3 Å². The van der Waals surface area contributed by atoms with Crippen molar-refractivity contribution in [2.75, 3.05) is 6.54 Å². The van der Waals surface area contributed by atoms with Crippen LogP contribution in [0, 0.1) is 10.1 Å². The maximum Gasteiger partial charge on any atom is 0.407 e. The number of alkyl carbamates (subject to hydrolysis) is 1. The molecule has 1 fully saturated rings. The number of nitro groups is 1. The second-order valence-electron chi connectivity index (χ2n) is 4.38. The first kappa shape index (κ1) is 11.5. The van der Waals surface area contributed by atoms with E-state index in [2.05, 4.69) is 5.32 Å². The van der Waals surface area contributed by atoms with Crippen LogP contribution in [0.15, 0.2) is 30.5 Å². The number of hydrogen-bond donors (Lipinski definition) is 1. The van der Waals surface area contributed by atoms with Gasteiger partial charge in [0.25, 0.3) is 5.69 Å². The molecule has 3 rings (SSSR count). The first-order valence-electron chi connectivity index (χ1n) is 5.81. The third-order valence-electron chi connectivity index (χ3n) is 3.11. The predicted octanol–water partition coefficient (Wildman–Crippen LogP) is 1.66. The zero-order valence-electron chi connectivity index (χ0n) is 9.91. The van der Waals surface area contributed by atoms with E-state index in [-0.39, 0.29) is 11.8 Å². The van der Waals surface area contributed by atoms with Crippen molar-refractivity contribution in [3.8, 4) is 0 Å². The summed E-state index contributed by atoms with van der Waals surface area (Å²) in [6.45, 7) is 1.01. The molecule has 2 heterocycles. The minimum Gasteiger partial charge on any atom is -0.442 e. The minimum atomic E-state index is -0.417. The lowest BCUT2D eigenvalue weighted by Gasteiger charge is -2.10. The summed E-state index contributed by atoms with van der Waals surface area (Å²) in [6.07, 6.45) is 1.22. The molecule has 0 radical (unpaired) electrons. The molecule has 0 spiro atoms. The fourth-order valence-electron chi connectivity index (χ4n) is 2.21. The highest BCUT2D eigenvalue weighted by Crippen LogP contribution is 2.22. The second kappa shape index (κ2) is 4.27. The maximum absolute atomic E-state index is 10.9. The van der Waals surface area contributed by atoms with Crippen molar-refractivity contribution in [2.24, 2.45) is 0 Å². The number of nitrogens with one attached hydrogen (secondary N) is 1. The van der Waals surface area contributed by atoms with Crippen LogP contribution in [0.25, 0.3) is 10.9 Å². The largest absolute Gasteiger partial charge is 0.442 e. The monoisotopic (exact) mass is 261 g/mol. The minimum absolute atomic E-state index is 0.0687. The Bertz CT molecular complexity index is 664. The van der Waals surface area contributed by atoms with Gasteiger partial charge < -0.3 is 14.6 Å². The van der Waals surface area contributed by atoms with Crippen molar-refractivity contribution in [1.82, 2.24) is 9.88 Å². The van der Waals surface area contributed by atoms with Crippen LogP contribution in [0.4, 0.5) is 10.5 Å². The van der Waals surface area contributed by atoms with Crippen molar-refractivity contribution in [3.63, 3.8) is 0 Å². The van der Waals surface area contributed by atoms with Gasteiger partial charge in [0.05, 0.1) is 18.0 Å². The Labute approximate surface area is 107 Å². The molecule has 1 aromatic heterocycles. The van der Waals surface area contributed by atoms with Gasteiger partial charge in [-0.15, -0.1) is 0 Å². The molecule has 7 nitrogen and oxygen atoms in total. The number of fused-ring (bicyclic) bond motifs is 1. The summed E-state index contributed by atoms with van der Waals surface area (Å²) in [5.41, 5.74) is 0.952. The molecule has 0 aliphatic carbocycles. The Morgan fingerprint density at radius 1 is 1.47 bits per heavy atom. The van der Waals surface area contributed by atoms with E-state index >= 15 is 0 Å². The molecule has 1 aromatic carbocycles. The van der Waals surface area contributed by atoms with E-state index < -0.39 is 11.0 Å². The third kappa shape index (κ3) is 2.10. The third-order valence-corrected chi connectivity index (χ3v) is 3.11. The fourth-order valence-corrected chi connectivity index (χ4v) is 2.21. The van der Waals surface area contributed by atoms with Crippen LogP contribution in [0.1, 0.15) is 0 Å². The Balaban J connectivity index is 1.88. The Morgan fingerprint density at radius 2 is 2.32 bits per heavy atom.